The Morgan fingerprint density at radius 3 is 2.70 bits per heavy atom. The molecule has 7 heteroatoms. The van der Waals surface area contributed by atoms with Crippen molar-refractivity contribution in [2.75, 3.05) is 0 Å². The van der Waals surface area contributed by atoms with Gasteiger partial charge in [0.2, 0.25) is 0 Å². The lowest BCUT2D eigenvalue weighted by Crippen LogP contribution is -2.33. The van der Waals surface area contributed by atoms with Crippen LogP contribution in [0.5, 0.6) is 5.75 Å². The number of halogens is 3. The lowest BCUT2D eigenvalue weighted by Gasteiger charge is -2.16. The van der Waals surface area contributed by atoms with E-state index in [1.54, 1.807) is 12.1 Å². The quantitative estimate of drug-likeness (QED) is 0.807. The molecule has 0 aliphatic carbocycles. The summed E-state index contributed by atoms with van der Waals surface area (Å²) in [6.45, 7) is -5.06. The predicted octanol–water partition coefficient (Wildman–Crippen LogP) is 2.59. The van der Waals surface area contributed by atoms with Gasteiger partial charge in [0.15, 0.2) is 0 Å². The molecule has 1 aromatic heterocycles. The molecule has 0 bridgehead atoms. The zero-order valence-corrected chi connectivity index (χ0v) is 10.3. The van der Waals surface area contributed by atoms with E-state index in [9.17, 15) is 12.9 Å². The van der Waals surface area contributed by atoms with Gasteiger partial charge in [0.25, 0.3) is 0 Å². The van der Waals surface area contributed by atoms with Gasteiger partial charge in [-0.1, -0.05) is 18.2 Å². The fourth-order valence-electron chi connectivity index (χ4n) is 1.62. The number of rotatable bonds is 4. The smallest absolute Gasteiger partial charge is 0.489 e. The number of hydrogen-bond acceptors (Lipinski definition) is 3. The van der Waals surface area contributed by atoms with Gasteiger partial charge >= 0.3 is 6.98 Å². The largest absolute Gasteiger partial charge is 0.509 e. The molecule has 2 rings (SSSR count). The third kappa shape index (κ3) is 3.29. The van der Waals surface area contributed by atoms with Gasteiger partial charge in [0.1, 0.15) is 24.1 Å². The maximum Gasteiger partial charge on any atom is 0.509 e. The molecular formula is C13H9BF3N2O-. The summed E-state index contributed by atoms with van der Waals surface area (Å²) in [5.41, 5.74) is 0.0100. The van der Waals surface area contributed by atoms with Crippen LogP contribution in [0.4, 0.5) is 12.9 Å². The van der Waals surface area contributed by atoms with Crippen molar-refractivity contribution in [3.63, 3.8) is 0 Å². The van der Waals surface area contributed by atoms with Crippen molar-refractivity contribution in [2.45, 2.75) is 6.61 Å². The average molecular weight is 277 g/mol. The molecule has 0 spiro atoms. The first-order valence-electron chi connectivity index (χ1n) is 5.77. The van der Waals surface area contributed by atoms with Gasteiger partial charge in [-0.25, -0.2) is 4.98 Å². The van der Waals surface area contributed by atoms with Crippen molar-refractivity contribution >= 4 is 12.4 Å². The lowest BCUT2D eigenvalue weighted by atomic mass is 9.80. The highest BCUT2D eigenvalue weighted by molar-refractivity contribution is 6.73. The van der Waals surface area contributed by atoms with Crippen LogP contribution in [0, 0.1) is 11.3 Å². The van der Waals surface area contributed by atoms with Crippen LogP contribution in [0.25, 0.3) is 0 Å². The fraction of sp³-hybridized carbons (Fsp3) is 0.0769. The Morgan fingerprint density at radius 1 is 1.20 bits per heavy atom. The van der Waals surface area contributed by atoms with Crippen molar-refractivity contribution in [1.29, 1.82) is 5.26 Å². The van der Waals surface area contributed by atoms with Crippen LogP contribution in [0.2, 0.25) is 0 Å². The van der Waals surface area contributed by atoms with Gasteiger partial charge in [-0.05, 0) is 18.2 Å². The maximum atomic E-state index is 12.6. The SMILES string of the molecule is N#Cc1ncccc1COc1cccc([B-](F)(F)F)c1. The summed E-state index contributed by atoms with van der Waals surface area (Å²) in [5.74, 6) is 0.106. The molecule has 0 aliphatic rings. The molecule has 1 heterocycles. The molecule has 1 aromatic carbocycles. The van der Waals surface area contributed by atoms with Gasteiger partial charge in [0, 0.05) is 11.8 Å². The third-order valence-electron chi connectivity index (χ3n) is 2.63. The topological polar surface area (TPSA) is 45.9 Å². The number of hydrogen-bond donors (Lipinski definition) is 0. The van der Waals surface area contributed by atoms with E-state index in [1.807, 2.05) is 6.07 Å². The molecule has 0 radical (unpaired) electrons. The predicted molar refractivity (Wildman–Crippen MR) is 68.4 cm³/mol. The van der Waals surface area contributed by atoms with Crippen LogP contribution in [0.15, 0.2) is 42.6 Å². The van der Waals surface area contributed by atoms with Gasteiger partial charge in [0.05, 0.1) is 0 Å². The second-order valence-corrected chi connectivity index (χ2v) is 4.06. The first kappa shape index (κ1) is 13.9. The molecule has 0 atom stereocenters. The number of aromatic nitrogens is 1. The monoisotopic (exact) mass is 277 g/mol. The van der Waals surface area contributed by atoms with Gasteiger partial charge in [-0.3, -0.25) is 0 Å². The van der Waals surface area contributed by atoms with E-state index in [4.69, 9.17) is 10.00 Å². The van der Waals surface area contributed by atoms with Crippen molar-refractivity contribution in [1.82, 2.24) is 4.98 Å². The molecular weight excluding hydrogens is 268 g/mol. The Bertz CT molecular complexity index is 653. The highest BCUT2D eigenvalue weighted by atomic mass is 19.4. The molecule has 0 unspecified atom stereocenters. The van der Waals surface area contributed by atoms with Crippen molar-refractivity contribution in [3.8, 4) is 11.8 Å². The number of benzene rings is 1. The van der Waals surface area contributed by atoms with E-state index in [0.717, 1.165) is 12.1 Å². The standard InChI is InChI=1S/C13H9BF3N2O/c15-14(16,17)11-4-1-5-12(7-11)20-9-10-3-2-6-19-13(10)8-18/h1-7H,9H2/q-1. The minimum atomic E-state index is -5.05. The number of ether oxygens (including phenoxy) is 1. The molecule has 0 saturated heterocycles. The van der Waals surface area contributed by atoms with Crippen LogP contribution in [-0.2, 0) is 6.61 Å². The molecule has 0 N–H and O–H groups in total. The molecule has 3 nitrogen and oxygen atoms in total. The zero-order chi connectivity index (χ0) is 14.6. The van der Waals surface area contributed by atoms with Gasteiger partial charge < -0.3 is 17.7 Å². The molecule has 102 valence electrons. The Hall–Kier alpha value is -2.49. The summed E-state index contributed by atoms with van der Waals surface area (Å²) in [7, 11) is 0. The van der Waals surface area contributed by atoms with E-state index in [2.05, 4.69) is 4.98 Å². The summed E-state index contributed by atoms with van der Waals surface area (Å²) < 4.78 is 43.1. The van der Waals surface area contributed by atoms with E-state index in [0.29, 0.717) is 5.56 Å². The number of nitriles is 1. The Morgan fingerprint density at radius 2 is 2.00 bits per heavy atom. The molecule has 2 aromatic rings. The zero-order valence-electron chi connectivity index (χ0n) is 10.3. The summed E-state index contributed by atoms with van der Waals surface area (Å²) in [5, 5.41) is 8.85. The second-order valence-electron chi connectivity index (χ2n) is 4.06. The summed E-state index contributed by atoms with van der Waals surface area (Å²) in [6.07, 6.45) is 1.47. The Kier molecular flexibility index (Phi) is 3.94. The maximum absolute atomic E-state index is 12.6. The third-order valence-corrected chi connectivity index (χ3v) is 2.63. The normalized spacial score (nSPS) is 10.9. The molecule has 0 fully saturated rings. The minimum Gasteiger partial charge on any atom is -0.489 e. The Balaban J connectivity index is 2.14. The second kappa shape index (κ2) is 5.65. The number of pyridine rings is 1. The molecule has 0 aliphatic heterocycles. The van der Waals surface area contributed by atoms with Crippen LogP contribution < -0.4 is 10.2 Å². The van der Waals surface area contributed by atoms with Crippen molar-refractivity contribution in [3.05, 3.63) is 53.9 Å². The van der Waals surface area contributed by atoms with Crippen LogP contribution in [0.3, 0.4) is 0 Å². The van der Waals surface area contributed by atoms with Crippen LogP contribution in [-0.4, -0.2) is 12.0 Å². The lowest BCUT2D eigenvalue weighted by molar-refractivity contribution is 0.305. The highest BCUT2D eigenvalue weighted by Crippen LogP contribution is 2.16. The summed E-state index contributed by atoms with van der Waals surface area (Å²) >= 11 is 0. The minimum absolute atomic E-state index is 0.00889. The average Bonchev–Trinajstić information content (AvgIpc) is 2.45. The Labute approximate surface area is 113 Å². The fourth-order valence-corrected chi connectivity index (χ4v) is 1.62. The number of nitrogens with zero attached hydrogens (tertiary/aromatic N) is 2. The molecule has 0 amide bonds. The molecule has 0 saturated carbocycles. The highest BCUT2D eigenvalue weighted by Gasteiger charge is 2.25. The first-order chi connectivity index (χ1) is 9.50. The van der Waals surface area contributed by atoms with Gasteiger partial charge in [-0.15, -0.1) is 5.46 Å². The van der Waals surface area contributed by atoms with Gasteiger partial charge in [-0.2, -0.15) is 5.26 Å². The summed E-state index contributed by atoms with van der Waals surface area (Å²) in [4.78, 5) is 3.85. The van der Waals surface area contributed by atoms with E-state index in [1.165, 1.54) is 18.3 Å². The summed E-state index contributed by atoms with van der Waals surface area (Å²) in [6, 6.07) is 9.84. The van der Waals surface area contributed by atoms with E-state index >= 15 is 0 Å². The molecule has 20 heavy (non-hydrogen) atoms. The van der Waals surface area contributed by atoms with Crippen molar-refractivity contribution in [2.24, 2.45) is 0 Å². The van der Waals surface area contributed by atoms with E-state index < -0.39 is 12.4 Å². The van der Waals surface area contributed by atoms with Crippen LogP contribution in [0.1, 0.15) is 11.3 Å². The van der Waals surface area contributed by atoms with E-state index in [-0.39, 0.29) is 18.1 Å². The first-order valence-corrected chi connectivity index (χ1v) is 5.77. The van der Waals surface area contributed by atoms with Crippen LogP contribution >= 0.6 is 0 Å². The van der Waals surface area contributed by atoms with Crippen molar-refractivity contribution < 1.29 is 17.7 Å².